The van der Waals surface area contributed by atoms with E-state index in [1.165, 1.54) is 0 Å². The van der Waals surface area contributed by atoms with Crippen molar-refractivity contribution in [3.8, 4) is 5.75 Å². The summed E-state index contributed by atoms with van der Waals surface area (Å²) in [5.41, 5.74) is 4.53. The topological polar surface area (TPSA) is 54.1 Å². The molecule has 0 saturated heterocycles. The van der Waals surface area contributed by atoms with E-state index in [1.807, 2.05) is 31.3 Å². The molecule has 1 amide bonds. The normalized spacial score (nSPS) is 10.1. The maximum absolute atomic E-state index is 11.9. The van der Waals surface area contributed by atoms with E-state index in [0.717, 1.165) is 22.2 Å². The van der Waals surface area contributed by atoms with E-state index in [0.29, 0.717) is 19.6 Å². The Bertz CT molecular complexity index is 652. The number of rotatable bonds is 6. The minimum atomic E-state index is -0.0382. The van der Waals surface area contributed by atoms with Crippen LogP contribution in [0.5, 0.6) is 5.75 Å². The summed E-state index contributed by atoms with van der Waals surface area (Å²) in [5, 5.41) is 3.76. The molecule has 4 heteroatoms. The Hall–Kier alpha value is -2.45. The fourth-order valence-corrected chi connectivity index (χ4v) is 2.11. The lowest BCUT2D eigenvalue weighted by Gasteiger charge is -2.07. The molecular weight excluding hydrogens is 252 g/mol. The third-order valence-corrected chi connectivity index (χ3v) is 2.95. The number of fused-ring (bicyclic) bond motifs is 1. The molecule has 0 saturated carbocycles. The number of aromatic amines is 1. The molecular formula is C16H18N2O2. The number of nitrogens with one attached hydrogen (secondary N) is 2. The highest BCUT2D eigenvalue weighted by atomic mass is 16.5. The van der Waals surface area contributed by atoms with Crippen molar-refractivity contribution in [2.75, 3.05) is 13.2 Å². The maximum atomic E-state index is 11.9. The van der Waals surface area contributed by atoms with Gasteiger partial charge in [-0.3, -0.25) is 4.79 Å². The highest BCUT2D eigenvalue weighted by Gasteiger charge is 2.12. The van der Waals surface area contributed by atoms with E-state index in [4.69, 9.17) is 4.74 Å². The van der Waals surface area contributed by atoms with Crippen LogP contribution in [0.25, 0.3) is 10.9 Å². The number of H-pyrrole nitrogens is 1. The molecule has 2 rings (SSSR count). The molecule has 2 aromatic rings. The van der Waals surface area contributed by atoms with Crippen LogP contribution in [-0.4, -0.2) is 24.0 Å². The Morgan fingerprint density at radius 2 is 2.40 bits per heavy atom. The predicted octanol–water partition coefficient (Wildman–Crippen LogP) is 2.57. The van der Waals surface area contributed by atoms with Crippen molar-refractivity contribution in [3.63, 3.8) is 0 Å². The summed E-state index contributed by atoms with van der Waals surface area (Å²) >= 11 is 0. The molecule has 20 heavy (non-hydrogen) atoms. The Labute approximate surface area is 118 Å². The van der Waals surface area contributed by atoms with Gasteiger partial charge < -0.3 is 15.0 Å². The molecule has 0 unspecified atom stereocenters. The summed E-state index contributed by atoms with van der Waals surface area (Å²) in [4.78, 5) is 15.0. The molecule has 1 aromatic heterocycles. The van der Waals surface area contributed by atoms with Crippen molar-refractivity contribution in [3.05, 3.63) is 48.3 Å². The number of hydrogen-bond acceptors (Lipinski definition) is 2. The summed E-state index contributed by atoms with van der Waals surface area (Å²) in [7, 11) is 0. The monoisotopic (exact) mass is 270 g/mol. The van der Waals surface area contributed by atoms with Gasteiger partial charge in [0.1, 0.15) is 5.75 Å². The highest BCUT2D eigenvalue weighted by Crippen LogP contribution is 2.29. The van der Waals surface area contributed by atoms with Crippen LogP contribution in [0.2, 0.25) is 0 Å². The van der Waals surface area contributed by atoms with Crippen LogP contribution in [0.3, 0.4) is 0 Å². The van der Waals surface area contributed by atoms with Crippen LogP contribution in [0, 0.1) is 0 Å². The molecule has 0 aliphatic heterocycles. The molecule has 2 N–H and O–H groups in total. The summed E-state index contributed by atoms with van der Waals surface area (Å²) < 4.78 is 5.62. The van der Waals surface area contributed by atoms with Crippen molar-refractivity contribution in [1.82, 2.24) is 10.3 Å². The minimum Gasteiger partial charge on any atom is -0.493 e. The van der Waals surface area contributed by atoms with Gasteiger partial charge in [-0.1, -0.05) is 12.6 Å². The molecule has 0 aliphatic rings. The van der Waals surface area contributed by atoms with Gasteiger partial charge in [0, 0.05) is 23.6 Å². The van der Waals surface area contributed by atoms with Gasteiger partial charge in [-0.2, -0.15) is 0 Å². The zero-order chi connectivity index (χ0) is 14.4. The zero-order valence-electron chi connectivity index (χ0n) is 11.5. The van der Waals surface area contributed by atoms with E-state index in [9.17, 15) is 4.79 Å². The van der Waals surface area contributed by atoms with E-state index in [2.05, 4.69) is 22.6 Å². The van der Waals surface area contributed by atoms with E-state index in [1.54, 1.807) is 6.08 Å². The van der Waals surface area contributed by atoms with Gasteiger partial charge in [0.25, 0.3) is 0 Å². The second-order valence-electron chi connectivity index (χ2n) is 4.31. The molecule has 0 fully saturated rings. The predicted molar refractivity (Wildman–Crippen MR) is 79.9 cm³/mol. The summed E-state index contributed by atoms with van der Waals surface area (Å²) in [5.74, 6) is 0.767. The average Bonchev–Trinajstić information content (AvgIpc) is 2.84. The second-order valence-corrected chi connectivity index (χ2v) is 4.31. The van der Waals surface area contributed by atoms with Gasteiger partial charge in [0.2, 0.25) is 5.91 Å². The van der Waals surface area contributed by atoms with Crippen LogP contribution >= 0.6 is 0 Å². The molecule has 0 aliphatic carbocycles. The number of amides is 1. The van der Waals surface area contributed by atoms with Gasteiger partial charge in [-0.15, -0.1) is 5.73 Å². The highest BCUT2D eigenvalue weighted by molar-refractivity contribution is 5.93. The fourth-order valence-electron chi connectivity index (χ4n) is 2.11. The van der Waals surface area contributed by atoms with Crippen molar-refractivity contribution in [1.29, 1.82) is 0 Å². The SMILES string of the molecule is C=C=CCNC(=O)Cc1c[nH]c2cccc(OCC)c12. The summed E-state index contributed by atoms with van der Waals surface area (Å²) in [6, 6.07) is 5.82. The van der Waals surface area contributed by atoms with Crippen LogP contribution in [0.4, 0.5) is 0 Å². The van der Waals surface area contributed by atoms with Crippen LogP contribution in [-0.2, 0) is 11.2 Å². The number of benzene rings is 1. The van der Waals surface area contributed by atoms with Crippen molar-refractivity contribution in [2.24, 2.45) is 0 Å². The Balaban J connectivity index is 2.21. The molecule has 0 spiro atoms. The van der Waals surface area contributed by atoms with E-state index in [-0.39, 0.29) is 5.91 Å². The van der Waals surface area contributed by atoms with Gasteiger partial charge >= 0.3 is 0 Å². The zero-order valence-corrected chi connectivity index (χ0v) is 11.5. The van der Waals surface area contributed by atoms with Gasteiger partial charge in [-0.25, -0.2) is 0 Å². The van der Waals surface area contributed by atoms with Gasteiger partial charge in [0.15, 0.2) is 0 Å². The second kappa shape index (κ2) is 6.64. The third-order valence-electron chi connectivity index (χ3n) is 2.95. The molecule has 0 atom stereocenters. The van der Waals surface area contributed by atoms with E-state index >= 15 is 0 Å². The maximum Gasteiger partial charge on any atom is 0.224 e. The summed E-state index contributed by atoms with van der Waals surface area (Å²) in [6.45, 7) is 6.44. The molecule has 1 aromatic carbocycles. The number of carbonyl (C=O) groups is 1. The number of carbonyl (C=O) groups excluding carboxylic acids is 1. The van der Waals surface area contributed by atoms with Crippen molar-refractivity contribution < 1.29 is 9.53 Å². The summed E-state index contributed by atoms with van der Waals surface area (Å²) in [6.07, 6.45) is 3.85. The molecule has 104 valence electrons. The smallest absolute Gasteiger partial charge is 0.224 e. The standard InChI is InChI=1S/C16H18N2O2/c1-3-5-9-17-15(19)10-12-11-18-13-7-6-8-14(16(12)13)20-4-2/h5-8,11,18H,1,4,9-10H2,2H3,(H,17,19). The molecule has 0 radical (unpaired) electrons. The van der Waals surface area contributed by atoms with Gasteiger partial charge in [0.05, 0.1) is 13.0 Å². The first-order chi connectivity index (χ1) is 9.76. The first kappa shape index (κ1) is 14.0. The van der Waals surface area contributed by atoms with Crippen molar-refractivity contribution >= 4 is 16.8 Å². The quantitative estimate of drug-likeness (QED) is 0.793. The Kier molecular flexibility index (Phi) is 4.64. The lowest BCUT2D eigenvalue weighted by Crippen LogP contribution is -2.24. The number of aromatic nitrogens is 1. The Morgan fingerprint density at radius 3 is 3.15 bits per heavy atom. The first-order valence-corrected chi connectivity index (χ1v) is 6.59. The first-order valence-electron chi connectivity index (χ1n) is 6.59. The number of hydrogen-bond donors (Lipinski definition) is 2. The lowest BCUT2D eigenvalue weighted by atomic mass is 10.1. The Morgan fingerprint density at radius 1 is 1.55 bits per heavy atom. The average molecular weight is 270 g/mol. The van der Waals surface area contributed by atoms with Crippen LogP contribution in [0.15, 0.2) is 42.8 Å². The fraction of sp³-hybridized carbons (Fsp3) is 0.250. The lowest BCUT2D eigenvalue weighted by molar-refractivity contribution is -0.120. The van der Waals surface area contributed by atoms with Crippen molar-refractivity contribution in [2.45, 2.75) is 13.3 Å². The van der Waals surface area contributed by atoms with Crippen LogP contribution < -0.4 is 10.1 Å². The van der Waals surface area contributed by atoms with Crippen LogP contribution in [0.1, 0.15) is 12.5 Å². The number of ether oxygens (including phenoxy) is 1. The molecule has 1 heterocycles. The van der Waals surface area contributed by atoms with E-state index < -0.39 is 0 Å². The third kappa shape index (κ3) is 3.11. The molecule has 0 bridgehead atoms. The minimum absolute atomic E-state index is 0.0382. The largest absolute Gasteiger partial charge is 0.493 e. The molecule has 4 nitrogen and oxygen atoms in total. The van der Waals surface area contributed by atoms with Gasteiger partial charge in [-0.05, 0) is 30.7 Å².